The van der Waals surface area contributed by atoms with Gasteiger partial charge in [0.25, 0.3) is 5.91 Å². The van der Waals surface area contributed by atoms with Crippen molar-refractivity contribution in [2.75, 3.05) is 18.9 Å². The van der Waals surface area contributed by atoms with Gasteiger partial charge in [0.05, 0.1) is 16.6 Å². The molecule has 6 rings (SSSR count). The normalized spacial score (nSPS) is 17.8. The molecule has 1 amide bonds. The fourth-order valence-electron chi connectivity index (χ4n) is 4.41. The molecule has 0 spiro atoms. The summed E-state index contributed by atoms with van der Waals surface area (Å²) in [5.41, 5.74) is 2.07. The van der Waals surface area contributed by atoms with Crippen LogP contribution in [0.25, 0.3) is 33.4 Å². The van der Waals surface area contributed by atoms with Gasteiger partial charge in [-0.25, -0.2) is 9.97 Å². The summed E-state index contributed by atoms with van der Waals surface area (Å²) < 4.78 is 7.17. The number of amides is 1. The Morgan fingerprint density at radius 2 is 1.92 bits per heavy atom. The fraction of sp³-hybridized carbons (Fsp3) is 0.200. The van der Waals surface area contributed by atoms with E-state index >= 15 is 0 Å². The zero-order chi connectivity index (χ0) is 24.9. The number of carbonyl (C=O) groups is 1. The lowest BCUT2D eigenvalue weighted by Crippen LogP contribution is -2.35. The highest BCUT2D eigenvalue weighted by atomic mass is 16.5. The van der Waals surface area contributed by atoms with Crippen LogP contribution in [0.1, 0.15) is 12.2 Å². The third-order valence-corrected chi connectivity index (χ3v) is 6.42. The second-order valence-electron chi connectivity index (χ2n) is 8.75. The number of likely N-dealkylation sites (N-methyl/N-ethyl adjacent to an activating group) is 1. The van der Waals surface area contributed by atoms with Crippen molar-refractivity contribution in [3.63, 3.8) is 0 Å². The number of aryl methyl sites for hydroxylation is 1. The van der Waals surface area contributed by atoms with E-state index in [2.05, 4.69) is 30.5 Å². The Balaban J connectivity index is 1.29. The van der Waals surface area contributed by atoms with Gasteiger partial charge in [-0.15, -0.1) is 0 Å². The Labute approximate surface area is 205 Å². The molecule has 5 heterocycles. The average molecular weight is 483 g/mol. The van der Waals surface area contributed by atoms with Crippen molar-refractivity contribution in [3.05, 3.63) is 66.8 Å². The molecule has 1 unspecified atom stereocenters. The number of hydrogen-bond acceptors (Lipinski definition) is 9. The number of benzene rings is 1. The molecular formula is C25H22N8O3. The lowest BCUT2D eigenvalue weighted by molar-refractivity contribution is -0.144. The van der Waals surface area contributed by atoms with Gasteiger partial charge in [0, 0.05) is 62.8 Å². The molecule has 4 aromatic heterocycles. The monoisotopic (exact) mass is 482 g/mol. The molecule has 1 aliphatic rings. The minimum atomic E-state index is -1.68. The SMILES string of the molecule is CN1CCC(O)(c2cc(-c3cccc(-c4ccnc(Nc5nn(C)c6ccncc56)n4)c3)no2)C1=O. The van der Waals surface area contributed by atoms with E-state index in [-0.39, 0.29) is 12.2 Å². The molecule has 0 saturated carbocycles. The third-order valence-electron chi connectivity index (χ3n) is 6.42. The summed E-state index contributed by atoms with van der Waals surface area (Å²) >= 11 is 0. The van der Waals surface area contributed by atoms with Gasteiger partial charge in [-0.05, 0) is 18.2 Å². The zero-order valence-electron chi connectivity index (χ0n) is 19.6. The maximum absolute atomic E-state index is 12.4. The zero-order valence-corrected chi connectivity index (χ0v) is 19.6. The summed E-state index contributed by atoms with van der Waals surface area (Å²) in [6, 6.07) is 12.9. The van der Waals surface area contributed by atoms with Crippen molar-refractivity contribution >= 4 is 28.6 Å². The molecule has 0 aliphatic carbocycles. The minimum Gasteiger partial charge on any atom is -0.373 e. The van der Waals surface area contributed by atoms with Gasteiger partial charge in [0.15, 0.2) is 11.6 Å². The van der Waals surface area contributed by atoms with Crippen molar-refractivity contribution in [1.29, 1.82) is 0 Å². The van der Waals surface area contributed by atoms with Gasteiger partial charge in [0.1, 0.15) is 5.69 Å². The molecule has 1 saturated heterocycles. The van der Waals surface area contributed by atoms with Gasteiger partial charge >= 0.3 is 0 Å². The fourth-order valence-corrected chi connectivity index (χ4v) is 4.41. The number of anilines is 2. The molecule has 5 aromatic rings. The highest BCUT2D eigenvalue weighted by Crippen LogP contribution is 2.35. The standard InChI is InChI=1S/C25H22N8O3/c1-32-11-8-25(35,23(32)34)21-13-19(31-36-21)16-5-3-4-15(12-16)18-6-10-27-24(28-18)29-22-17-14-26-9-7-20(17)33(2)30-22/h3-7,9-10,12-14,35H,8,11H2,1-2H3,(H,27,28,29,30). The van der Waals surface area contributed by atoms with Gasteiger partial charge in [-0.2, -0.15) is 5.10 Å². The first-order chi connectivity index (χ1) is 17.4. The van der Waals surface area contributed by atoms with Crippen molar-refractivity contribution < 1.29 is 14.4 Å². The number of likely N-dealkylation sites (tertiary alicyclic amines) is 1. The van der Waals surface area contributed by atoms with Crippen LogP contribution in [0.15, 0.2) is 65.6 Å². The molecule has 180 valence electrons. The summed E-state index contributed by atoms with van der Waals surface area (Å²) in [7, 11) is 3.52. The lowest BCUT2D eigenvalue weighted by atomic mass is 9.98. The maximum atomic E-state index is 12.4. The molecule has 11 nitrogen and oxygen atoms in total. The smallest absolute Gasteiger partial charge is 0.262 e. The number of nitrogens with one attached hydrogen (secondary N) is 1. The van der Waals surface area contributed by atoms with Gasteiger partial charge in [-0.1, -0.05) is 23.4 Å². The number of rotatable bonds is 5. The highest BCUT2D eigenvalue weighted by molar-refractivity contribution is 5.90. The molecule has 36 heavy (non-hydrogen) atoms. The number of aliphatic hydroxyl groups is 1. The van der Waals surface area contributed by atoms with Crippen LogP contribution in [-0.2, 0) is 17.4 Å². The first-order valence-corrected chi connectivity index (χ1v) is 11.3. The molecule has 1 fully saturated rings. The second kappa shape index (κ2) is 8.24. The Bertz CT molecular complexity index is 1610. The van der Waals surface area contributed by atoms with Gasteiger partial charge in [-0.3, -0.25) is 14.5 Å². The number of nitrogens with zero attached hydrogens (tertiary/aromatic N) is 7. The minimum absolute atomic E-state index is 0.142. The quantitative estimate of drug-likeness (QED) is 0.388. The van der Waals surface area contributed by atoms with Crippen LogP contribution in [0.4, 0.5) is 11.8 Å². The summed E-state index contributed by atoms with van der Waals surface area (Å²) in [6.07, 6.45) is 5.40. The molecule has 1 aliphatic heterocycles. The van der Waals surface area contributed by atoms with E-state index in [9.17, 15) is 9.90 Å². The topological polar surface area (TPSA) is 135 Å². The molecule has 1 aromatic carbocycles. The van der Waals surface area contributed by atoms with Crippen LogP contribution in [0.3, 0.4) is 0 Å². The van der Waals surface area contributed by atoms with Gasteiger partial charge < -0.3 is 19.8 Å². The van der Waals surface area contributed by atoms with E-state index in [1.165, 1.54) is 4.90 Å². The van der Waals surface area contributed by atoms with E-state index in [0.29, 0.717) is 29.7 Å². The predicted molar refractivity (Wildman–Crippen MR) is 131 cm³/mol. The van der Waals surface area contributed by atoms with Crippen molar-refractivity contribution in [2.45, 2.75) is 12.0 Å². The van der Waals surface area contributed by atoms with Crippen molar-refractivity contribution in [2.24, 2.45) is 7.05 Å². The van der Waals surface area contributed by atoms with E-state index in [0.717, 1.165) is 22.0 Å². The maximum Gasteiger partial charge on any atom is 0.262 e. The molecule has 0 bridgehead atoms. The Hall–Kier alpha value is -4.64. The van der Waals surface area contributed by atoms with Crippen LogP contribution in [0, 0.1) is 0 Å². The van der Waals surface area contributed by atoms with Crippen LogP contribution >= 0.6 is 0 Å². The number of aromatic nitrogens is 6. The van der Waals surface area contributed by atoms with Crippen LogP contribution in [0.5, 0.6) is 0 Å². The first-order valence-electron chi connectivity index (χ1n) is 11.3. The summed E-state index contributed by atoms with van der Waals surface area (Å²) in [6.45, 7) is 0.454. The number of hydrogen-bond donors (Lipinski definition) is 2. The van der Waals surface area contributed by atoms with E-state index in [1.807, 2.05) is 43.4 Å². The number of fused-ring (bicyclic) bond motifs is 1. The average Bonchev–Trinajstić information content (AvgIpc) is 3.59. The lowest BCUT2D eigenvalue weighted by Gasteiger charge is -2.16. The van der Waals surface area contributed by atoms with E-state index in [4.69, 9.17) is 4.52 Å². The molecule has 1 atom stereocenters. The Morgan fingerprint density at radius 1 is 1.08 bits per heavy atom. The Kier molecular flexibility index (Phi) is 5.00. The molecule has 11 heteroatoms. The van der Waals surface area contributed by atoms with Gasteiger partial charge in [0.2, 0.25) is 11.5 Å². The van der Waals surface area contributed by atoms with Crippen LogP contribution in [-0.4, -0.2) is 59.4 Å². The highest BCUT2D eigenvalue weighted by Gasteiger charge is 2.48. The first kappa shape index (κ1) is 21.9. The Morgan fingerprint density at radius 3 is 2.72 bits per heavy atom. The predicted octanol–water partition coefficient (Wildman–Crippen LogP) is 2.87. The van der Waals surface area contributed by atoms with Crippen molar-refractivity contribution in [3.8, 4) is 22.5 Å². The molecule has 0 radical (unpaired) electrons. The summed E-state index contributed by atoms with van der Waals surface area (Å²) in [5.74, 6) is 0.766. The number of pyridine rings is 1. The van der Waals surface area contributed by atoms with Crippen LogP contribution in [0.2, 0.25) is 0 Å². The van der Waals surface area contributed by atoms with E-state index in [1.54, 1.807) is 36.4 Å². The second-order valence-corrected chi connectivity index (χ2v) is 8.75. The summed E-state index contributed by atoms with van der Waals surface area (Å²) in [5, 5.41) is 23.5. The summed E-state index contributed by atoms with van der Waals surface area (Å²) in [4.78, 5) is 27.1. The molecular weight excluding hydrogens is 460 g/mol. The largest absolute Gasteiger partial charge is 0.373 e. The van der Waals surface area contributed by atoms with Crippen molar-refractivity contribution in [1.82, 2.24) is 34.8 Å². The van der Waals surface area contributed by atoms with Crippen LogP contribution < -0.4 is 5.32 Å². The van der Waals surface area contributed by atoms with E-state index < -0.39 is 11.5 Å². The third kappa shape index (κ3) is 3.57. The number of carbonyl (C=O) groups excluding carboxylic acids is 1. The molecule has 2 N–H and O–H groups in total.